The molecule has 1 unspecified atom stereocenters. The number of carboxylic acids is 1. The zero-order valence-electron chi connectivity index (χ0n) is 18.1. The van der Waals surface area contributed by atoms with Crippen LogP contribution in [0.3, 0.4) is 0 Å². The molecule has 0 radical (unpaired) electrons. The lowest BCUT2D eigenvalue weighted by Crippen LogP contribution is -2.40. The Bertz CT molecular complexity index is 705. The largest absolute Gasteiger partial charge is 0.481 e. The van der Waals surface area contributed by atoms with Crippen molar-refractivity contribution in [1.82, 2.24) is 10.2 Å². The fraction of sp³-hybridized carbons (Fsp3) is 0.600. The Balaban J connectivity index is 2.72. The van der Waals surface area contributed by atoms with Crippen molar-refractivity contribution < 1.29 is 24.2 Å². The molecule has 0 bridgehead atoms. The van der Waals surface area contributed by atoms with Gasteiger partial charge in [0.2, 0.25) is 0 Å². The summed E-state index contributed by atoms with van der Waals surface area (Å²) in [5, 5.41) is 14.4. The minimum absolute atomic E-state index is 0.0428. The zero-order valence-corrected chi connectivity index (χ0v) is 19.0. The molecule has 168 valence electrons. The third-order valence-corrected chi connectivity index (χ3v) is 4.89. The molecule has 1 heterocycles. The number of carbonyl (C=O) groups is 2. The zero-order chi connectivity index (χ0) is 22.5. The van der Waals surface area contributed by atoms with Gasteiger partial charge in [-0.05, 0) is 25.3 Å². The molecular weight excluding hydrogens is 408 g/mol. The molecule has 0 aromatic rings. The number of nitrogens with zero attached hydrogens (tertiary/aromatic N) is 3. The maximum absolute atomic E-state index is 12.4. The number of hydrogen-bond acceptors (Lipinski definition) is 9. The number of thioether (sulfide) groups is 1. The number of likely N-dealkylation sites (N-methyl/N-ethyl adjacent to an activating group) is 1. The van der Waals surface area contributed by atoms with Crippen LogP contribution in [0.4, 0.5) is 0 Å². The van der Waals surface area contributed by atoms with E-state index in [0.29, 0.717) is 55.1 Å². The standard InChI is InChI=1S/C20H32N4O5S/c1-6-29-20(27)15-11-22-18(19(21-4)30-7-2)23-16(15)12-24(5)8-9-28-13-14(3)10-17(25)26/h7,14H,2,6,8-13H2,1,3-5H3,(H,22,23)(H,25,26). The highest BCUT2D eigenvalue weighted by Crippen LogP contribution is 2.15. The number of esters is 1. The summed E-state index contributed by atoms with van der Waals surface area (Å²) < 4.78 is 10.8. The van der Waals surface area contributed by atoms with E-state index in [9.17, 15) is 9.59 Å². The van der Waals surface area contributed by atoms with Gasteiger partial charge in [-0.1, -0.05) is 25.3 Å². The summed E-state index contributed by atoms with van der Waals surface area (Å²) in [5.74, 6) is -0.662. The summed E-state index contributed by atoms with van der Waals surface area (Å²) in [7, 11) is 3.59. The number of carboxylic acid groups (broad SMARTS) is 1. The van der Waals surface area contributed by atoms with Crippen molar-refractivity contribution in [3.8, 4) is 0 Å². The Morgan fingerprint density at radius 1 is 1.50 bits per heavy atom. The summed E-state index contributed by atoms with van der Waals surface area (Å²) in [4.78, 5) is 33.7. The number of aliphatic carboxylic acids is 1. The Hall–Kier alpha value is -2.17. The van der Waals surface area contributed by atoms with Gasteiger partial charge in [-0.25, -0.2) is 4.79 Å². The minimum atomic E-state index is -0.827. The quantitative estimate of drug-likeness (QED) is 0.193. The van der Waals surface area contributed by atoms with Gasteiger partial charge in [-0.2, -0.15) is 0 Å². The minimum Gasteiger partial charge on any atom is -0.481 e. The van der Waals surface area contributed by atoms with Gasteiger partial charge in [0.1, 0.15) is 5.04 Å². The third kappa shape index (κ3) is 9.10. The summed E-state index contributed by atoms with van der Waals surface area (Å²) in [6.45, 7) is 9.75. The molecule has 0 saturated heterocycles. The molecule has 30 heavy (non-hydrogen) atoms. The van der Waals surface area contributed by atoms with Gasteiger partial charge in [-0.3, -0.25) is 19.7 Å². The Labute approximate surface area is 182 Å². The molecule has 1 aliphatic rings. The lowest BCUT2D eigenvalue weighted by molar-refractivity contribution is -0.139. The van der Waals surface area contributed by atoms with Gasteiger partial charge in [0.05, 0.1) is 31.8 Å². The fourth-order valence-corrected chi connectivity index (χ4v) is 3.17. The molecule has 1 rings (SSSR count). The maximum Gasteiger partial charge on any atom is 0.337 e. The summed E-state index contributed by atoms with van der Waals surface area (Å²) in [6.07, 6.45) is 0.0850. The first-order chi connectivity index (χ1) is 14.3. The van der Waals surface area contributed by atoms with Gasteiger partial charge < -0.3 is 19.9 Å². The highest BCUT2D eigenvalue weighted by atomic mass is 32.2. The van der Waals surface area contributed by atoms with Gasteiger partial charge >= 0.3 is 11.9 Å². The number of hydrogen-bond donors (Lipinski definition) is 2. The van der Waals surface area contributed by atoms with E-state index in [1.807, 2.05) is 18.9 Å². The highest BCUT2D eigenvalue weighted by molar-refractivity contribution is 8.18. The first-order valence-electron chi connectivity index (χ1n) is 9.75. The number of nitrogens with one attached hydrogen (secondary N) is 1. The molecule has 0 aromatic carbocycles. The number of aliphatic imine (C=N–C) groups is 2. The molecule has 1 aliphatic heterocycles. The SMILES string of the molecule is C=CSC(=NC)C1=NCC(C(=O)OCC)=C(CN(C)CCOCC(C)CC(=O)O)N1. The van der Waals surface area contributed by atoms with Crippen LogP contribution in [0.25, 0.3) is 0 Å². The Morgan fingerprint density at radius 3 is 2.83 bits per heavy atom. The fourth-order valence-electron chi connectivity index (χ4n) is 2.68. The Morgan fingerprint density at radius 2 is 2.23 bits per heavy atom. The number of carbonyl (C=O) groups excluding carboxylic acids is 1. The molecule has 0 saturated carbocycles. The van der Waals surface area contributed by atoms with Crippen LogP contribution in [-0.4, -0.2) is 86.4 Å². The van der Waals surface area contributed by atoms with Gasteiger partial charge in [0.25, 0.3) is 0 Å². The summed E-state index contributed by atoms with van der Waals surface area (Å²) in [5.41, 5.74) is 1.20. The van der Waals surface area contributed by atoms with Crippen molar-refractivity contribution in [3.63, 3.8) is 0 Å². The average molecular weight is 441 g/mol. The van der Waals surface area contributed by atoms with Crippen molar-refractivity contribution >= 4 is 34.6 Å². The van der Waals surface area contributed by atoms with Crippen molar-refractivity contribution in [2.75, 3.05) is 53.6 Å². The second-order valence-electron chi connectivity index (χ2n) is 6.80. The molecular formula is C20H32N4O5S. The van der Waals surface area contributed by atoms with Crippen LogP contribution in [0.1, 0.15) is 20.3 Å². The van der Waals surface area contributed by atoms with Crippen molar-refractivity contribution in [1.29, 1.82) is 0 Å². The van der Waals surface area contributed by atoms with Crippen LogP contribution in [0.5, 0.6) is 0 Å². The van der Waals surface area contributed by atoms with E-state index >= 15 is 0 Å². The second kappa shape index (κ2) is 13.9. The molecule has 0 spiro atoms. The summed E-state index contributed by atoms with van der Waals surface area (Å²) in [6, 6.07) is 0. The molecule has 1 atom stereocenters. The molecule has 0 aromatic heterocycles. The second-order valence-corrected chi connectivity index (χ2v) is 7.75. The van der Waals surface area contributed by atoms with E-state index in [0.717, 1.165) is 0 Å². The van der Waals surface area contributed by atoms with E-state index in [1.54, 1.807) is 19.4 Å². The molecule has 0 aliphatic carbocycles. The van der Waals surface area contributed by atoms with Crippen molar-refractivity contribution in [2.45, 2.75) is 20.3 Å². The van der Waals surface area contributed by atoms with Crippen LogP contribution in [0.2, 0.25) is 0 Å². The maximum atomic E-state index is 12.4. The average Bonchev–Trinajstić information content (AvgIpc) is 2.69. The van der Waals surface area contributed by atoms with Crippen LogP contribution in [0.15, 0.2) is 33.2 Å². The van der Waals surface area contributed by atoms with Crippen LogP contribution in [-0.2, 0) is 19.1 Å². The van der Waals surface area contributed by atoms with E-state index < -0.39 is 5.97 Å². The summed E-state index contributed by atoms with van der Waals surface area (Å²) >= 11 is 1.35. The number of ether oxygens (including phenoxy) is 2. The van der Waals surface area contributed by atoms with Gasteiger partial charge in [-0.15, -0.1) is 0 Å². The predicted molar refractivity (Wildman–Crippen MR) is 120 cm³/mol. The molecule has 0 fully saturated rings. The van der Waals surface area contributed by atoms with E-state index in [-0.39, 0.29) is 24.9 Å². The number of amidine groups is 1. The smallest absolute Gasteiger partial charge is 0.337 e. The Kier molecular flexibility index (Phi) is 12.0. The van der Waals surface area contributed by atoms with Crippen molar-refractivity contribution in [2.24, 2.45) is 15.9 Å². The van der Waals surface area contributed by atoms with Crippen LogP contribution in [0, 0.1) is 5.92 Å². The highest BCUT2D eigenvalue weighted by Gasteiger charge is 2.24. The molecule has 10 heteroatoms. The van der Waals surface area contributed by atoms with Crippen molar-refractivity contribution in [3.05, 3.63) is 23.3 Å². The monoisotopic (exact) mass is 440 g/mol. The lowest BCUT2D eigenvalue weighted by atomic mass is 10.1. The van der Waals surface area contributed by atoms with Gasteiger partial charge in [0.15, 0.2) is 5.84 Å². The van der Waals surface area contributed by atoms with Gasteiger partial charge in [0, 0.05) is 32.4 Å². The van der Waals surface area contributed by atoms with E-state index in [1.165, 1.54) is 11.8 Å². The molecule has 0 amide bonds. The first kappa shape index (κ1) is 25.9. The van der Waals surface area contributed by atoms with Crippen LogP contribution < -0.4 is 5.32 Å². The number of rotatable bonds is 13. The topological polar surface area (TPSA) is 113 Å². The van der Waals surface area contributed by atoms with E-state index in [2.05, 4.69) is 21.9 Å². The first-order valence-corrected chi connectivity index (χ1v) is 10.6. The predicted octanol–water partition coefficient (Wildman–Crippen LogP) is 1.77. The molecule has 9 nitrogen and oxygen atoms in total. The lowest BCUT2D eigenvalue weighted by Gasteiger charge is -2.25. The van der Waals surface area contributed by atoms with Crippen LogP contribution >= 0.6 is 11.8 Å². The van der Waals surface area contributed by atoms with E-state index in [4.69, 9.17) is 14.6 Å². The normalized spacial score (nSPS) is 15.5. The third-order valence-electron chi connectivity index (χ3n) is 4.12. The molecule has 2 N–H and O–H groups in total.